The molecule has 0 aliphatic carbocycles. The van der Waals surface area contributed by atoms with Crippen LogP contribution in [-0.2, 0) is 5.54 Å². The summed E-state index contributed by atoms with van der Waals surface area (Å²) in [4.78, 5) is 6.59. The molecule has 17 heavy (non-hydrogen) atoms. The Morgan fingerprint density at radius 3 is 2.71 bits per heavy atom. The van der Waals surface area contributed by atoms with E-state index in [9.17, 15) is 0 Å². The summed E-state index contributed by atoms with van der Waals surface area (Å²) in [5, 5.41) is 0. The van der Waals surface area contributed by atoms with Gasteiger partial charge in [-0.2, -0.15) is 0 Å². The van der Waals surface area contributed by atoms with Gasteiger partial charge in [0.1, 0.15) is 0 Å². The summed E-state index contributed by atoms with van der Waals surface area (Å²) in [5.41, 5.74) is 9.81. The van der Waals surface area contributed by atoms with Gasteiger partial charge in [0, 0.05) is 6.54 Å². The van der Waals surface area contributed by atoms with Crippen molar-refractivity contribution in [2.24, 2.45) is 10.7 Å². The number of guanidine groups is 1. The third-order valence-electron chi connectivity index (χ3n) is 3.70. The lowest BCUT2D eigenvalue weighted by molar-refractivity contribution is 0.234. The van der Waals surface area contributed by atoms with E-state index in [0.717, 1.165) is 13.1 Å². The second-order valence-corrected chi connectivity index (χ2v) is 5.01. The molecule has 1 aromatic carbocycles. The monoisotopic (exact) mass is 231 g/mol. The van der Waals surface area contributed by atoms with Gasteiger partial charge in [0.05, 0.1) is 12.1 Å². The average molecular weight is 231 g/mol. The van der Waals surface area contributed by atoms with E-state index in [0.29, 0.717) is 5.96 Å². The number of rotatable bonds is 2. The van der Waals surface area contributed by atoms with E-state index in [1.165, 1.54) is 16.7 Å². The topological polar surface area (TPSA) is 41.6 Å². The maximum atomic E-state index is 5.96. The highest BCUT2D eigenvalue weighted by Gasteiger charge is 2.39. The molecule has 0 bridgehead atoms. The molecule has 2 N–H and O–H groups in total. The molecule has 1 aliphatic heterocycles. The largest absolute Gasteiger partial charge is 0.370 e. The summed E-state index contributed by atoms with van der Waals surface area (Å²) in [6.45, 7) is 10.3. The number of hydrogen-bond acceptors (Lipinski definition) is 3. The molecule has 1 unspecified atom stereocenters. The normalized spacial score (nSPS) is 24.0. The van der Waals surface area contributed by atoms with Gasteiger partial charge in [-0.1, -0.05) is 23.8 Å². The third-order valence-corrected chi connectivity index (χ3v) is 3.70. The predicted molar refractivity (Wildman–Crippen MR) is 72.1 cm³/mol. The van der Waals surface area contributed by atoms with E-state index in [1.54, 1.807) is 0 Å². The zero-order valence-corrected chi connectivity index (χ0v) is 11.1. The molecule has 0 saturated carbocycles. The second-order valence-electron chi connectivity index (χ2n) is 5.01. The van der Waals surface area contributed by atoms with Crippen LogP contribution < -0.4 is 5.73 Å². The maximum Gasteiger partial charge on any atom is 0.192 e. The highest BCUT2D eigenvalue weighted by molar-refractivity contribution is 5.81. The summed E-state index contributed by atoms with van der Waals surface area (Å²) < 4.78 is 0. The number of nitrogens with zero attached hydrogens (tertiary/aromatic N) is 2. The van der Waals surface area contributed by atoms with Crippen LogP contribution in [-0.4, -0.2) is 23.9 Å². The summed E-state index contributed by atoms with van der Waals surface area (Å²) in [6, 6.07) is 6.60. The molecule has 3 heteroatoms. The molecule has 0 saturated heterocycles. The molecule has 3 nitrogen and oxygen atoms in total. The molecule has 1 aromatic rings. The smallest absolute Gasteiger partial charge is 0.192 e. The van der Waals surface area contributed by atoms with Gasteiger partial charge >= 0.3 is 0 Å². The van der Waals surface area contributed by atoms with Crippen LogP contribution in [0.5, 0.6) is 0 Å². The summed E-state index contributed by atoms with van der Waals surface area (Å²) in [6.07, 6.45) is 0. The number of aliphatic imine (C=N–C) groups is 1. The van der Waals surface area contributed by atoms with Crippen LogP contribution in [0.2, 0.25) is 0 Å². The van der Waals surface area contributed by atoms with Crippen molar-refractivity contribution in [2.45, 2.75) is 33.2 Å². The van der Waals surface area contributed by atoms with E-state index in [2.05, 4.69) is 55.8 Å². The molecule has 0 spiro atoms. The van der Waals surface area contributed by atoms with Crippen LogP contribution in [0.4, 0.5) is 0 Å². The van der Waals surface area contributed by atoms with Crippen molar-refractivity contribution in [1.82, 2.24) is 4.90 Å². The SMILES string of the molecule is CCN1C(N)=NCC1(C)c1ccc(C)cc1C. The van der Waals surface area contributed by atoms with E-state index >= 15 is 0 Å². The molecule has 1 heterocycles. The van der Waals surface area contributed by atoms with Crippen molar-refractivity contribution >= 4 is 5.96 Å². The van der Waals surface area contributed by atoms with Gasteiger partial charge in [0.15, 0.2) is 5.96 Å². The minimum atomic E-state index is -0.0867. The number of likely N-dealkylation sites (N-methyl/N-ethyl adjacent to an activating group) is 1. The molecule has 0 amide bonds. The van der Waals surface area contributed by atoms with Crippen LogP contribution >= 0.6 is 0 Å². The first-order valence-corrected chi connectivity index (χ1v) is 6.14. The summed E-state index contributed by atoms with van der Waals surface area (Å²) in [7, 11) is 0. The minimum absolute atomic E-state index is 0.0867. The van der Waals surface area contributed by atoms with Crippen LogP contribution in [0.1, 0.15) is 30.5 Å². The van der Waals surface area contributed by atoms with Gasteiger partial charge in [-0.05, 0) is 38.8 Å². The third kappa shape index (κ3) is 1.79. The Hall–Kier alpha value is -1.51. The molecule has 0 fully saturated rings. The van der Waals surface area contributed by atoms with Crippen LogP contribution in [0.3, 0.4) is 0 Å². The first-order chi connectivity index (χ1) is 7.99. The summed E-state index contributed by atoms with van der Waals surface area (Å²) >= 11 is 0. The van der Waals surface area contributed by atoms with Gasteiger partial charge in [-0.15, -0.1) is 0 Å². The van der Waals surface area contributed by atoms with Gasteiger partial charge < -0.3 is 10.6 Å². The number of benzene rings is 1. The van der Waals surface area contributed by atoms with E-state index in [1.807, 2.05) is 0 Å². The predicted octanol–water partition coefficient (Wildman–Crippen LogP) is 2.17. The lowest BCUT2D eigenvalue weighted by Gasteiger charge is -2.37. The molecule has 2 rings (SSSR count). The lowest BCUT2D eigenvalue weighted by Crippen LogP contribution is -2.47. The molecule has 1 atom stereocenters. The number of hydrogen-bond donors (Lipinski definition) is 1. The zero-order valence-electron chi connectivity index (χ0n) is 11.1. The Bertz CT molecular complexity index is 465. The van der Waals surface area contributed by atoms with Gasteiger partial charge in [0.25, 0.3) is 0 Å². The molecule has 0 radical (unpaired) electrons. The van der Waals surface area contributed by atoms with E-state index in [-0.39, 0.29) is 5.54 Å². The lowest BCUT2D eigenvalue weighted by atomic mass is 9.87. The standard InChI is InChI=1S/C14H21N3/c1-5-17-13(15)16-9-14(17,4)12-7-6-10(2)8-11(12)3/h6-8H,5,9H2,1-4H3,(H2,15,16). The fourth-order valence-corrected chi connectivity index (χ4v) is 2.82. The van der Waals surface area contributed by atoms with Gasteiger partial charge in [0.2, 0.25) is 0 Å². The second kappa shape index (κ2) is 4.06. The number of nitrogens with two attached hydrogens (primary N) is 1. The van der Waals surface area contributed by atoms with Gasteiger partial charge in [-0.3, -0.25) is 4.99 Å². The molecular weight excluding hydrogens is 210 g/mol. The Balaban J connectivity index is 2.46. The van der Waals surface area contributed by atoms with Crippen molar-refractivity contribution in [3.8, 4) is 0 Å². The quantitative estimate of drug-likeness (QED) is 0.847. The van der Waals surface area contributed by atoms with E-state index < -0.39 is 0 Å². The summed E-state index contributed by atoms with van der Waals surface area (Å²) in [5.74, 6) is 0.662. The zero-order chi connectivity index (χ0) is 12.6. The maximum absolute atomic E-state index is 5.96. The van der Waals surface area contributed by atoms with Crippen LogP contribution in [0, 0.1) is 13.8 Å². The molecule has 1 aliphatic rings. The Morgan fingerprint density at radius 2 is 2.12 bits per heavy atom. The molecular formula is C14H21N3. The Kier molecular flexibility index (Phi) is 2.86. The molecule has 92 valence electrons. The van der Waals surface area contributed by atoms with Crippen molar-refractivity contribution < 1.29 is 0 Å². The fourth-order valence-electron chi connectivity index (χ4n) is 2.82. The average Bonchev–Trinajstić information content (AvgIpc) is 2.55. The molecule has 0 aromatic heterocycles. The minimum Gasteiger partial charge on any atom is -0.370 e. The first-order valence-electron chi connectivity index (χ1n) is 6.14. The highest BCUT2D eigenvalue weighted by Crippen LogP contribution is 2.34. The fraction of sp³-hybridized carbons (Fsp3) is 0.500. The first kappa shape index (κ1) is 12.0. The number of aryl methyl sites for hydroxylation is 2. The Labute approximate surface area is 103 Å². The van der Waals surface area contributed by atoms with Crippen molar-refractivity contribution in [2.75, 3.05) is 13.1 Å². The van der Waals surface area contributed by atoms with Crippen molar-refractivity contribution in [3.05, 3.63) is 34.9 Å². The van der Waals surface area contributed by atoms with Crippen LogP contribution in [0.25, 0.3) is 0 Å². The van der Waals surface area contributed by atoms with Crippen molar-refractivity contribution in [3.63, 3.8) is 0 Å². The van der Waals surface area contributed by atoms with Gasteiger partial charge in [-0.25, -0.2) is 0 Å². The Morgan fingerprint density at radius 1 is 1.41 bits per heavy atom. The van der Waals surface area contributed by atoms with Crippen LogP contribution in [0.15, 0.2) is 23.2 Å². The van der Waals surface area contributed by atoms with Crippen molar-refractivity contribution in [1.29, 1.82) is 0 Å². The highest BCUT2D eigenvalue weighted by atomic mass is 15.3. The van der Waals surface area contributed by atoms with E-state index in [4.69, 9.17) is 5.73 Å².